The van der Waals surface area contributed by atoms with Crippen molar-refractivity contribution >= 4 is 22.7 Å². The lowest BCUT2D eigenvalue weighted by molar-refractivity contribution is -0.384. The fourth-order valence-corrected chi connectivity index (χ4v) is 3.83. The molecule has 1 heterocycles. The number of ether oxygens (including phenoxy) is 1. The van der Waals surface area contributed by atoms with Crippen LogP contribution in [0.2, 0.25) is 0 Å². The van der Waals surface area contributed by atoms with Gasteiger partial charge in [0.25, 0.3) is 5.69 Å². The van der Waals surface area contributed by atoms with Crippen LogP contribution in [-0.4, -0.2) is 21.2 Å². The number of aromatic nitrogens is 1. The van der Waals surface area contributed by atoms with Crippen molar-refractivity contribution in [2.45, 2.75) is 32.8 Å². The van der Waals surface area contributed by atoms with Gasteiger partial charge in [-0.2, -0.15) is 0 Å². The van der Waals surface area contributed by atoms with Crippen molar-refractivity contribution in [3.8, 4) is 11.3 Å². The van der Waals surface area contributed by atoms with Gasteiger partial charge in [-0.1, -0.05) is 48.5 Å². The standard InChI is InChI=1S/C26H24N2O4/c1-26(2,3)32-25(29)27-23-12-8-7-11-21(23)22(17-18-9-5-4-6-10-18)24(27)19-13-15-20(16-14-19)28(30)31/h4-16H,17H2,1-3H3. The summed E-state index contributed by atoms with van der Waals surface area (Å²) in [6.07, 6.45) is 0.116. The molecule has 0 N–H and O–H groups in total. The van der Waals surface area contributed by atoms with Gasteiger partial charge in [-0.05, 0) is 55.7 Å². The summed E-state index contributed by atoms with van der Waals surface area (Å²) in [6.45, 7) is 5.48. The van der Waals surface area contributed by atoms with Crippen LogP contribution in [0.1, 0.15) is 31.9 Å². The number of rotatable bonds is 4. The van der Waals surface area contributed by atoms with Crippen molar-refractivity contribution in [2.24, 2.45) is 0 Å². The van der Waals surface area contributed by atoms with E-state index < -0.39 is 16.6 Å². The maximum absolute atomic E-state index is 13.3. The molecular formula is C26H24N2O4. The molecule has 0 radical (unpaired) electrons. The minimum Gasteiger partial charge on any atom is -0.443 e. The molecule has 0 fully saturated rings. The van der Waals surface area contributed by atoms with Gasteiger partial charge in [-0.25, -0.2) is 9.36 Å². The number of fused-ring (bicyclic) bond motifs is 1. The number of nitrogens with zero attached hydrogens (tertiary/aromatic N) is 2. The first kappa shape index (κ1) is 21.3. The number of carbonyl (C=O) groups is 1. The predicted molar refractivity (Wildman–Crippen MR) is 125 cm³/mol. The first-order valence-corrected chi connectivity index (χ1v) is 10.4. The zero-order valence-electron chi connectivity index (χ0n) is 18.2. The number of nitro groups is 1. The summed E-state index contributed by atoms with van der Waals surface area (Å²) in [5.41, 5.74) is 3.52. The van der Waals surface area contributed by atoms with Crippen LogP contribution in [0.3, 0.4) is 0 Å². The zero-order chi connectivity index (χ0) is 22.9. The minimum absolute atomic E-state index is 0.00158. The number of nitro benzene ring substituents is 1. The highest BCUT2D eigenvalue weighted by molar-refractivity contribution is 5.99. The smallest absolute Gasteiger partial charge is 0.419 e. The van der Waals surface area contributed by atoms with Crippen molar-refractivity contribution in [1.82, 2.24) is 4.57 Å². The van der Waals surface area contributed by atoms with Gasteiger partial charge in [0.15, 0.2) is 0 Å². The SMILES string of the molecule is CC(C)(C)OC(=O)n1c(-c2ccc([N+](=O)[O-])cc2)c(Cc2ccccc2)c2ccccc21. The van der Waals surface area contributed by atoms with E-state index in [1.165, 1.54) is 12.1 Å². The highest BCUT2D eigenvalue weighted by Crippen LogP contribution is 2.36. The van der Waals surface area contributed by atoms with Crippen molar-refractivity contribution in [2.75, 3.05) is 0 Å². The summed E-state index contributed by atoms with van der Waals surface area (Å²) in [5, 5.41) is 12.1. The van der Waals surface area contributed by atoms with Crippen LogP contribution in [0.25, 0.3) is 22.2 Å². The lowest BCUT2D eigenvalue weighted by Gasteiger charge is -2.21. The third-order valence-electron chi connectivity index (χ3n) is 5.13. The molecule has 3 aromatic carbocycles. The maximum Gasteiger partial charge on any atom is 0.419 e. The summed E-state index contributed by atoms with van der Waals surface area (Å²) in [7, 11) is 0. The van der Waals surface area contributed by atoms with E-state index in [9.17, 15) is 14.9 Å². The van der Waals surface area contributed by atoms with Crippen molar-refractivity contribution in [3.63, 3.8) is 0 Å². The summed E-state index contributed by atoms with van der Waals surface area (Å²) in [6, 6.07) is 24.0. The quantitative estimate of drug-likeness (QED) is 0.271. The minimum atomic E-state index is -0.672. The Morgan fingerprint density at radius 2 is 1.56 bits per heavy atom. The van der Waals surface area contributed by atoms with E-state index in [1.54, 1.807) is 16.7 Å². The van der Waals surface area contributed by atoms with E-state index >= 15 is 0 Å². The number of hydrogen-bond acceptors (Lipinski definition) is 4. The second kappa shape index (κ2) is 8.30. The molecule has 0 aliphatic carbocycles. The van der Waals surface area contributed by atoms with Gasteiger partial charge in [0.1, 0.15) is 5.60 Å². The number of para-hydroxylation sites is 1. The first-order valence-electron chi connectivity index (χ1n) is 10.4. The molecule has 0 aliphatic heterocycles. The van der Waals surface area contributed by atoms with Crippen LogP contribution in [0, 0.1) is 10.1 Å². The summed E-state index contributed by atoms with van der Waals surface area (Å²) in [4.78, 5) is 24.1. The molecule has 1 aromatic heterocycles. The summed E-state index contributed by atoms with van der Waals surface area (Å²) < 4.78 is 7.32. The van der Waals surface area contributed by atoms with Gasteiger partial charge < -0.3 is 4.74 Å². The Bertz CT molecular complexity index is 1280. The zero-order valence-corrected chi connectivity index (χ0v) is 18.2. The largest absolute Gasteiger partial charge is 0.443 e. The number of hydrogen-bond donors (Lipinski definition) is 0. The molecule has 6 heteroatoms. The highest BCUT2D eigenvalue weighted by atomic mass is 16.6. The molecule has 0 unspecified atom stereocenters. The normalized spacial score (nSPS) is 11.5. The van der Waals surface area contributed by atoms with E-state index in [0.717, 1.165) is 22.0 Å². The lowest BCUT2D eigenvalue weighted by atomic mass is 9.98. The molecular weight excluding hydrogens is 404 g/mol. The summed E-state index contributed by atoms with van der Waals surface area (Å²) >= 11 is 0. The van der Waals surface area contributed by atoms with Crippen molar-refractivity contribution < 1.29 is 14.5 Å². The fourth-order valence-electron chi connectivity index (χ4n) is 3.83. The summed E-state index contributed by atoms with van der Waals surface area (Å²) in [5.74, 6) is 0. The molecule has 4 aromatic rings. The monoisotopic (exact) mass is 428 g/mol. The molecule has 0 amide bonds. The lowest BCUT2D eigenvalue weighted by Crippen LogP contribution is -2.27. The topological polar surface area (TPSA) is 74.4 Å². The molecule has 0 saturated heterocycles. The maximum atomic E-state index is 13.3. The van der Waals surface area contributed by atoms with Crippen LogP contribution >= 0.6 is 0 Å². The Morgan fingerprint density at radius 1 is 0.938 bits per heavy atom. The molecule has 162 valence electrons. The van der Waals surface area contributed by atoms with E-state index in [-0.39, 0.29) is 5.69 Å². The molecule has 32 heavy (non-hydrogen) atoms. The molecule has 0 aliphatic rings. The van der Waals surface area contributed by atoms with E-state index in [1.807, 2.05) is 75.4 Å². The predicted octanol–water partition coefficient (Wildman–Crippen LogP) is 6.59. The highest BCUT2D eigenvalue weighted by Gasteiger charge is 2.26. The van der Waals surface area contributed by atoms with E-state index in [2.05, 4.69) is 0 Å². The van der Waals surface area contributed by atoms with Gasteiger partial charge in [0.2, 0.25) is 0 Å². The van der Waals surface area contributed by atoms with Gasteiger partial charge in [-0.15, -0.1) is 0 Å². The molecule has 0 saturated carbocycles. The van der Waals surface area contributed by atoms with Gasteiger partial charge >= 0.3 is 6.09 Å². The van der Waals surface area contributed by atoms with Crippen molar-refractivity contribution in [1.29, 1.82) is 0 Å². The van der Waals surface area contributed by atoms with E-state index in [4.69, 9.17) is 4.74 Å². The Kier molecular flexibility index (Phi) is 5.53. The Labute approximate surface area is 186 Å². The van der Waals surface area contributed by atoms with Crippen LogP contribution in [0.4, 0.5) is 10.5 Å². The van der Waals surface area contributed by atoms with Crippen LogP contribution < -0.4 is 0 Å². The van der Waals surface area contributed by atoms with Crippen LogP contribution in [0.15, 0.2) is 78.9 Å². The first-order chi connectivity index (χ1) is 15.2. The van der Waals surface area contributed by atoms with Gasteiger partial charge in [0.05, 0.1) is 16.1 Å². The average molecular weight is 428 g/mol. The average Bonchev–Trinajstić information content (AvgIpc) is 3.08. The Morgan fingerprint density at radius 3 is 2.19 bits per heavy atom. The van der Waals surface area contributed by atoms with Gasteiger partial charge in [-0.3, -0.25) is 10.1 Å². The van der Waals surface area contributed by atoms with Gasteiger partial charge in [0, 0.05) is 23.9 Å². The number of carbonyl (C=O) groups excluding carboxylic acids is 1. The molecule has 4 rings (SSSR count). The van der Waals surface area contributed by atoms with Crippen LogP contribution in [0.5, 0.6) is 0 Å². The molecule has 0 atom stereocenters. The second-order valence-corrected chi connectivity index (χ2v) is 8.63. The third kappa shape index (κ3) is 4.25. The number of benzene rings is 3. The van der Waals surface area contributed by atoms with E-state index in [0.29, 0.717) is 17.7 Å². The molecule has 0 bridgehead atoms. The fraction of sp³-hybridized carbons (Fsp3) is 0.192. The van der Waals surface area contributed by atoms with Crippen molar-refractivity contribution in [3.05, 3.63) is 100 Å². The third-order valence-corrected chi connectivity index (χ3v) is 5.13. The Balaban J connectivity index is 1.98. The van der Waals surface area contributed by atoms with Crippen LogP contribution in [-0.2, 0) is 11.2 Å². The number of non-ortho nitro benzene ring substituents is 1. The molecule has 6 nitrogen and oxygen atoms in total. The molecule has 0 spiro atoms. The Hall–Kier alpha value is -3.93. The second-order valence-electron chi connectivity index (χ2n) is 8.63.